The van der Waals surface area contributed by atoms with Crippen LogP contribution in [0.4, 0.5) is 0 Å². The van der Waals surface area contributed by atoms with Gasteiger partial charge in [-0.15, -0.1) is 11.6 Å². The van der Waals surface area contributed by atoms with E-state index >= 15 is 0 Å². The van der Waals surface area contributed by atoms with Gasteiger partial charge in [-0.25, -0.2) is 0 Å². The molecule has 1 N–H and O–H groups in total. The first kappa shape index (κ1) is 5.39. The summed E-state index contributed by atoms with van der Waals surface area (Å²) < 4.78 is 0. The van der Waals surface area contributed by atoms with Gasteiger partial charge in [0.2, 0.25) is 0 Å². The van der Waals surface area contributed by atoms with Crippen molar-refractivity contribution in [3.8, 4) is 0 Å². The number of aliphatic hydroxyl groups is 1. The standard InChI is InChI=1S/C5H9ClO/c6-3-4-1-5(7)2-4/h4-5,7H,1-3H2. The van der Waals surface area contributed by atoms with E-state index in [4.69, 9.17) is 16.7 Å². The van der Waals surface area contributed by atoms with Crippen LogP contribution in [0, 0.1) is 5.92 Å². The van der Waals surface area contributed by atoms with Crippen LogP contribution in [0.2, 0.25) is 0 Å². The van der Waals surface area contributed by atoms with Crippen molar-refractivity contribution in [1.82, 2.24) is 0 Å². The van der Waals surface area contributed by atoms with Crippen molar-refractivity contribution in [3.63, 3.8) is 0 Å². The molecule has 0 atom stereocenters. The summed E-state index contributed by atoms with van der Waals surface area (Å²) in [6, 6.07) is 0. The van der Waals surface area contributed by atoms with Gasteiger partial charge in [0.25, 0.3) is 0 Å². The first-order chi connectivity index (χ1) is 3.33. The highest BCUT2D eigenvalue weighted by atomic mass is 35.5. The van der Waals surface area contributed by atoms with E-state index < -0.39 is 0 Å². The molecule has 42 valence electrons. The maximum absolute atomic E-state index is 8.69. The van der Waals surface area contributed by atoms with E-state index in [0.717, 1.165) is 18.7 Å². The van der Waals surface area contributed by atoms with Gasteiger partial charge in [-0.05, 0) is 18.8 Å². The van der Waals surface area contributed by atoms with Crippen LogP contribution in [0.25, 0.3) is 0 Å². The molecule has 7 heavy (non-hydrogen) atoms. The Labute approximate surface area is 48.3 Å². The van der Waals surface area contributed by atoms with Gasteiger partial charge in [-0.2, -0.15) is 0 Å². The zero-order valence-corrected chi connectivity index (χ0v) is 4.86. The Morgan fingerprint density at radius 1 is 1.57 bits per heavy atom. The third kappa shape index (κ3) is 1.07. The fraction of sp³-hybridized carbons (Fsp3) is 1.00. The normalized spacial score (nSPS) is 40.3. The Balaban J connectivity index is 2.06. The molecule has 1 nitrogen and oxygen atoms in total. The molecular weight excluding hydrogens is 112 g/mol. The Morgan fingerprint density at radius 2 is 2.14 bits per heavy atom. The van der Waals surface area contributed by atoms with E-state index in [1.165, 1.54) is 0 Å². The SMILES string of the molecule is OC1CC(CCl)C1. The van der Waals surface area contributed by atoms with Crippen LogP contribution in [0.1, 0.15) is 12.8 Å². The zero-order chi connectivity index (χ0) is 5.28. The molecule has 0 bridgehead atoms. The highest BCUT2D eigenvalue weighted by molar-refractivity contribution is 6.18. The lowest BCUT2D eigenvalue weighted by Crippen LogP contribution is -2.29. The molecule has 0 aromatic rings. The number of halogens is 1. The van der Waals surface area contributed by atoms with Crippen LogP contribution >= 0.6 is 11.6 Å². The third-order valence-electron chi connectivity index (χ3n) is 1.43. The molecule has 0 aromatic heterocycles. The Hall–Kier alpha value is 0.250. The van der Waals surface area contributed by atoms with Crippen LogP contribution in [0.5, 0.6) is 0 Å². The fourth-order valence-electron chi connectivity index (χ4n) is 0.826. The Bertz CT molecular complexity index is 59.1. The summed E-state index contributed by atoms with van der Waals surface area (Å²) in [6.45, 7) is 0. The van der Waals surface area contributed by atoms with E-state index in [2.05, 4.69) is 0 Å². The average molecular weight is 121 g/mol. The molecule has 1 aliphatic carbocycles. The molecular formula is C5H9ClO. The molecule has 1 saturated carbocycles. The second-order valence-corrected chi connectivity index (χ2v) is 2.45. The summed E-state index contributed by atoms with van der Waals surface area (Å²) in [5.41, 5.74) is 0. The van der Waals surface area contributed by atoms with Crippen LogP contribution in [-0.2, 0) is 0 Å². The van der Waals surface area contributed by atoms with Gasteiger partial charge in [0.1, 0.15) is 0 Å². The molecule has 0 heterocycles. The van der Waals surface area contributed by atoms with Crippen molar-refractivity contribution >= 4 is 11.6 Å². The molecule has 1 aliphatic rings. The lowest BCUT2D eigenvalue weighted by atomic mass is 9.84. The molecule has 0 aromatic carbocycles. The highest BCUT2D eigenvalue weighted by Crippen LogP contribution is 2.27. The van der Waals surface area contributed by atoms with Gasteiger partial charge in [0.05, 0.1) is 6.10 Å². The predicted octanol–water partition coefficient (Wildman–Crippen LogP) is 0.996. The summed E-state index contributed by atoms with van der Waals surface area (Å²) in [5.74, 6) is 1.33. The molecule has 1 rings (SSSR count). The number of hydrogen-bond donors (Lipinski definition) is 1. The second-order valence-electron chi connectivity index (χ2n) is 2.15. The zero-order valence-electron chi connectivity index (χ0n) is 4.10. The first-order valence-electron chi connectivity index (χ1n) is 2.57. The third-order valence-corrected chi connectivity index (χ3v) is 1.87. The lowest BCUT2D eigenvalue weighted by Gasteiger charge is -2.29. The largest absolute Gasteiger partial charge is 0.393 e. The molecule has 2 heteroatoms. The molecule has 1 fully saturated rings. The molecule has 0 amide bonds. The summed E-state index contributed by atoms with van der Waals surface area (Å²) >= 11 is 5.46. The van der Waals surface area contributed by atoms with Crippen molar-refractivity contribution in [2.24, 2.45) is 5.92 Å². The average Bonchev–Trinajstić information content (AvgIpc) is 1.58. The topological polar surface area (TPSA) is 20.2 Å². The van der Waals surface area contributed by atoms with Crippen molar-refractivity contribution in [2.45, 2.75) is 18.9 Å². The van der Waals surface area contributed by atoms with Crippen molar-refractivity contribution in [3.05, 3.63) is 0 Å². The molecule has 0 aliphatic heterocycles. The van der Waals surface area contributed by atoms with Crippen molar-refractivity contribution in [1.29, 1.82) is 0 Å². The summed E-state index contributed by atoms with van der Waals surface area (Å²) in [4.78, 5) is 0. The van der Waals surface area contributed by atoms with Crippen LogP contribution in [0.15, 0.2) is 0 Å². The second kappa shape index (κ2) is 2.01. The highest BCUT2D eigenvalue weighted by Gasteiger charge is 2.25. The fourth-order valence-corrected chi connectivity index (χ4v) is 1.08. The molecule has 0 radical (unpaired) electrons. The number of hydrogen-bond acceptors (Lipinski definition) is 1. The Kier molecular flexibility index (Phi) is 1.55. The van der Waals surface area contributed by atoms with E-state index in [1.54, 1.807) is 0 Å². The number of aliphatic hydroxyl groups excluding tert-OH is 1. The van der Waals surface area contributed by atoms with Gasteiger partial charge >= 0.3 is 0 Å². The van der Waals surface area contributed by atoms with E-state index in [0.29, 0.717) is 5.92 Å². The quantitative estimate of drug-likeness (QED) is 0.512. The molecule has 0 saturated heterocycles. The summed E-state index contributed by atoms with van der Waals surface area (Å²) in [5, 5.41) is 8.69. The number of alkyl halides is 1. The van der Waals surface area contributed by atoms with Gasteiger partial charge in [0, 0.05) is 5.88 Å². The van der Waals surface area contributed by atoms with Crippen molar-refractivity contribution < 1.29 is 5.11 Å². The maximum atomic E-state index is 8.69. The van der Waals surface area contributed by atoms with Crippen molar-refractivity contribution in [2.75, 3.05) is 5.88 Å². The molecule has 0 spiro atoms. The lowest BCUT2D eigenvalue weighted by molar-refractivity contribution is 0.0527. The first-order valence-corrected chi connectivity index (χ1v) is 3.10. The smallest absolute Gasteiger partial charge is 0.0546 e. The minimum atomic E-state index is -0.0382. The van der Waals surface area contributed by atoms with E-state index in [1.807, 2.05) is 0 Å². The van der Waals surface area contributed by atoms with Gasteiger partial charge < -0.3 is 5.11 Å². The van der Waals surface area contributed by atoms with Gasteiger partial charge in [0.15, 0.2) is 0 Å². The van der Waals surface area contributed by atoms with E-state index in [-0.39, 0.29) is 6.10 Å². The van der Waals surface area contributed by atoms with Crippen LogP contribution in [0.3, 0.4) is 0 Å². The van der Waals surface area contributed by atoms with Gasteiger partial charge in [-0.3, -0.25) is 0 Å². The number of rotatable bonds is 1. The molecule has 0 unspecified atom stereocenters. The predicted molar refractivity (Wildman–Crippen MR) is 29.5 cm³/mol. The van der Waals surface area contributed by atoms with Crippen LogP contribution < -0.4 is 0 Å². The van der Waals surface area contributed by atoms with E-state index in [9.17, 15) is 0 Å². The van der Waals surface area contributed by atoms with Gasteiger partial charge in [-0.1, -0.05) is 0 Å². The minimum Gasteiger partial charge on any atom is -0.393 e. The minimum absolute atomic E-state index is 0.0382. The maximum Gasteiger partial charge on any atom is 0.0546 e. The summed E-state index contributed by atoms with van der Waals surface area (Å²) in [6.07, 6.45) is 1.80. The monoisotopic (exact) mass is 120 g/mol. The van der Waals surface area contributed by atoms with Crippen LogP contribution in [-0.4, -0.2) is 17.1 Å². The summed E-state index contributed by atoms with van der Waals surface area (Å²) in [7, 11) is 0. The Morgan fingerprint density at radius 3 is 2.29 bits per heavy atom.